The maximum atomic E-state index is 12.3. The van der Waals surface area contributed by atoms with Gasteiger partial charge in [0, 0.05) is 10.2 Å². The summed E-state index contributed by atoms with van der Waals surface area (Å²) in [6.45, 7) is 0. The monoisotopic (exact) mass is 394 g/mol. The van der Waals surface area contributed by atoms with Crippen molar-refractivity contribution < 1.29 is 14.7 Å². The zero-order valence-corrected chi connectivity index (χ0v) is 14.5. The zero-order valence-electron chi connectivity index (χ0n) is 13.0. The number of nitrogens with one attached hydrogen (secondary N) is 3. The van der Waals surface area contributed by atoms with E-state index in [0.717, 1.165) is 35.2 Å². The maximum absolute atomic E-state index is 12.3. The Morgan fingerprint density at radius 2 is 1.79 bits per heavy atom. The van der Waals surface area contributed by atoms with Crippen LogP contribution < -0.4 is 16.1 Å². The predicted molar refractivity (Wildman–Crippen MR) is 90.9 cm³/mol. The second kappa shape index (κ2) is 5.63. The first-order chi connectivity index (χ1) is 11.5. The van der Waals surface area contributed by atoms with Crippen molar-refractivity contribution in [1.82, 2.24) is 15.8 Å². The first-order valence-corrected chi connectivity index (χ1v) is 8.92. The molecule has 0 aromatic heterocycles. The van der Waals surface area contributed by atoms with E-state index in [1.54, 1.807) is 24.3 Å². The van der Waals surface area contributed by atoms with Crippen molar-refractivity contribution in [2.24, 2.45) is 11.8 Å². The number of hydrogen-bond acceptors (Lipinski definition) is 3. The van der Waals surface area contributed by atoms with Crippen molar-refractivity contribution >= 4 is 33.7 Å². The predicted octanol–water partition coefficient (Wildman–Crippen LogP) is 2.39. The van der Waals surface area contributed by atoms with Gasteiger partial charge < -0.3 is 15.7 Å². The number of rotatable bonds is 4. The summed E-state index contributed by atoms with van der Waals surface area (Å²) < 4.78 is 0.904. The fraction of sp³-hybridized carbons (Fsp3) is 0.500. The highest BCUT2D eigenvalue weighted by molar-refractivity contribution is 9.10. The minimum Gasteiger partial charge on any atom is -0.369 e. The number of carbonyl (C=O) groups is 2. The lowest BCUT2D eigenvalue weighted by Gasteiger charge is -2.33. The number of urea groups is 2. The minimum atomic E-state index is -1.04. The number of benzene rings is 1. The molecule has 0 radical (unpaired) electrons. The number of anilines is 1. The SMILES string of the molecule is O=C(Nc1ccc(Br)cc1)NN1C(=O)NC(C2CC2)(C2CC2)C1O. The Hall–Kier alpha value is -1.80. The molecule has 4 N–H and O–H groups in total. The molecule has 1 aliphatic heterocycles. The van der Waals surface area contributed by atoms with Gasteiger partial charge in [-0.15, -0.1) is 0 Å². The summed E-state index contributed by atoms with van der Waals surface area (Å²) in [6.07, 6.45) is 2.99. The van der Waals surface area contributed by atoms with Crippen LogP contribution in [0.3, 0.4) is 0 Å². The lowest BCUT2D eigenvalue weighted by atomic mass is 9.86. The minimum absolute atomic E-state index is 0.297. The second-order valence-corrected chi connectivity index (χ2v) is 7.64. The first-order valence-electron chi connectivity index (χ1n) is 8.13. The fourth-order valence-electron chi connectivity index (χ4n) is 3.63. The molecule has 1 saturated heterocycles. The van der Waals surface area contributed by atoms with Gasteiger partial charge in [0.1, 0.15) is 0 Å². The van der Waals surface area contributed by atoms with E-state index in [9.17, 15) is 14.7 Å². The van der Waals surface area contributed by atoms with E-state index < -0.39 is 23.8 Å². The number of nitrogens with zero attached hydrogens (tertiary/aromatic N) is 1. The van der Waals surface area contributed by atoms with Gasteiger partial charge in [-0.05, 0) is 61.8 Å². The number of hydrazine groups is 1. The molecule has 0 bridgehead atoms. The van der Waals surface area contributed by atoms with Gasteiger partial charge in [-0.2, -0.15) is 0 Å². The summed E-state index contributed by atoms with van der Waals surface area (Å²) in [4.78, 5) is 24.5. The Morgan fingerprint density at radius 3 is 2.33 bits per heavy atom. The van der Waals surface area contributed by atoms with E-state index in [-0.39, 0.29) is 0 Å². The average molecular weight is 395 g/mol. The Kier molecular flexibility index (Phi) is 3.69. The van der Waals surface area contributed by atoms with E-state index >= 15 is 0 Å². The summed E-state index contributed by atoms with van der Waals surface area (Å²) in [6, 6.07) is 6.07. The summed E-state index contributed by atoms with van der Waals surface area (Å²) >= 11 is 3.33. The number of aliphatic hydroxyl groups is 1. The lowest BCUT2D eigenvalue weighted by molar-refractivity contribution is -0.0310. The van der Waals surface area contributed by atoms with Crippen LogP contribution in [0.2, 0.25) is 0 Å². The molecule has 0 spiro atoms. The van der Waals surface area contributed by atoms with Crippen LogP contribution in [-0.2, 0) is 0 Å². The van der Waals surface area contributed by atoms with Crippen molar-refractivity contribution in [1.29, 1.82) is 0 Å². The molecule has 3 fully saturated rings. The van der Waals surface area contributed by atoms with Gasteiger partial charge in [0.2, 0.25) is 0 Å². The topological polar surface area (TPSA) is 93.7 Å². The van der Waals surface area contributed by atoms with E-state index in [2.05, 4.69) is 32.0 Å². The molecule has 1 unspecified atom stereocenters. The molecule has 8 heteroatoms. The molecule has 2 saturated carbocycles. The Bertz CT molecular complexity index is 660. The Balaban J connectivity index is 1.45. The highest BCUT2D eigenvalue weighted by Crippen LogP contribution is 2.55. The lowest BCUT2D eigenvalue weighted by Crippen LogP contribution is -2.56. The van der Waals surface area contributed by atoms with Crippen LogP contribution in [-0.4, -0.2) is 33.9 Å². The van der Waals surface area contributed by atoms with Crippen molar-refractivity contribution in [2.45, 2.75) is 37.5 Å². The molecule has 1 heterocycles. The number of aliphatic hydroxyl groups excluding tert-OH is 1. The molecule has 2 aliphatic carbocycles. The zero-order chi connectivity index (χ0) is 16.9. The molecule has 7 nitrogen and oxygen atoms in total. The van der Waals surface area contributed by atoms with Crippen LogP contribution >= 0.6 is 15.9 Å². The first kappa shape index (κ1) is 15.7. The number of hydrogen-bond donors (Lipinski definition) is 4. The molecular weight excluding hydrogens is 376 g/mol. The molecule has 4 amide bonds. The largest absolute Gasteiger partial charge is 0.369 e. The van der Waals surface area contributed by atoms with Gasteiger partial charge >= 0.3 is 12.1 Å². The van der Waals surface area contributed by atoms with Crippen molar-refractivity contribution in [3.63, 3.8) is 0 Å². The fourth-order valence-corrected chi connectivity index (χ4v) is 3.89. The Labute approximate surface area is 147 Å². The average Bonchev–Trinajstić information content (AvgIpc) is 3.44. The van der Waals surface area contributed by atoms with Crippen molar-refractivity contribution in [2.75, 3.05) is 5.32 Å². The molecule has 1 atom stereocenters. The number of amides is 4. The van der Waals surface area contributed by atoms with Crippen LogP contribution in [0.4, 0.5) is 15.3 Å². The van der Waals surface area contributed by atoms with Crippen LogP contribution in [0.25, 0.3) is 0 Å². The van der Waals surface area contributed by atoms with Gasteiger partial charge in [-0.25, -0.2) is 20.0 Å². The van der Waals surface area contributed by atoms with E-state index in [1.807, 2.05) is 0 Å². The summed E-state index contributed by atoms with van der Waals surface area (Å²) in [5.41, 5.74) is 2.46. The molecule has 24 heavy (non-hydrogen) atoms. The van der Waals surface area contributed by atoms with Gasteiger partial charge in [0.15, 0.2) is 6.23 Å². The molecule has 1 aromatic rings. The molecule has 4 rings (SSSR count). The summed E-state index contributed by atoms with van der Waals surface area (Å²) in [7, 11) is 0. The molecule has 3 aliphatic rings. The van der Waals surface area contributed by atoms with Crippen molar-refractivity contribution in [3.05, 3.63) is 28.7 Å². The quantitative estimate of drug-likeness (QED) is 0.631. The van der Waals surface area contributed by atoms with E-state index in [1.165, 1.54) is 0 Å². The normalized spacial score (nSPS) is 25.3. The van der Waals surface area contributed by atoms with Gasteiger partial charge in [-0.3, -0.25) is 0 Å². The smallest absolute Gasteiger partial charge is 0.339 e. The molecule has 1 aromatic carbocycles. The van der Waals surface area contributed by atoms with Crippen LogP contribution in [0.1, 0.15) is 25.7 Å². The maximum Gasteiger partial charge on any atom is 0.339 e. The Morgan fingerprint density at radius 1 is 1.21 bits per heavy atom. The van der Waals surface area contributed by atoms with Gasteiger partial charge in [0.05, 0.1) is 5.54 Å². The highest BCUT2D eigenvalue weighted by Gasteiger charge is 2.65. The van der Waals surface area contributed by atoms with Crippen LogP contribution in [0.5, 0.6) is 0 Å². The van der Waals surface area contributed by atoms with Gasteiger partial charge in [-0.1, -0.05) is 15.9 Å². The third-order valence-electron chi connectivity index (χ3n) is 5.04. The van der Waals surface area contributed by atoms with Crippen LogP contribution in [0.15, 0.2) is 28.7 Å². The van der Waals surface area contributed by atoms with Crippen LogP contribution in [0, 0.1) is 11.8 Å². The second-order valence-electron chi connectivity index (χ2n) is 6.73. The number of halogens is 1. The molecule has 128 valence electrons. The van der Waals surface area contributed by atoms with E-state index in [0.29, 0.717) is 17.5 Å². The van der Waals surface area contributed by atoms with Crippen molar-refractivity contribution in [3.8, 4) is 0 Å². The van der Waals surface area contributed by atoms with E-state index in [4.69, 9.17) is 0 Å². The standard InChI is InChI=1S/C16H19BrN4O3/c17-11-5-7-12(8-6-11)18-14(23)20-21-13(22)16(9-1-2-9,10-3-4-10)19-15(21)24/h5-10,13,22H,1-4H2,(H,19,24)(H2,18,20,23). The molecular formula is C16H19BrN4O3. The third-order valence-corrected chi connectivity index (χ3v) is 5.57. The summed E-state index contributed by atoms with van der Waals surface area (Å²) in [5, 5.41) is 17.4. The highest BCUT2D eigenvalue weighted by atomic mass is 79.9. The number of carbonyl (C=O) groups excluding carboxylic acids is 2. The third kappa shape index (κ3) is 2.63. The van der Waals surface area contributed by atoms with Gasteiger partial charge in [0.25, 0.3) is 0 Å². The summed E-state index contributed by atoms with van der Waals surface area (Å²) in [5.74, 6) is 0.593.